The Balaban J connectivity index is 2.17. The first-order valence-corrected chi connectivity index (χ1v) is 9.66. The molecule has 0 amide bonds. The third-order valence-corrected chi connectivity index (χ3v) is 5.48. The lowest BCUT2D eigenvalue weighted by Gasteiger charge is -2.18. The predicted octanol–water partition coefficient (Wildman–Crippen LogP) is -0.253. The van der Waals surface area contributed by atoms with Gasteiger partial charge in [0.2, 0.25) is 0 Å². The van der Waals surface area contributed by atoms with E-state index in [9.17, 15) is 23.6 Å². The summed E-state index contributed by atoms with van der Waals surface area (Å²) in [6.45, 7) is 2.96. The van der Waals surface area contributed by atoms with Gasteiger partial charge in [-0.15, -0.1) is 0 Å². The van der Waals surface area contributed by atoms with Crippen molar-refractivity contribution in [3.8, 4) is 0 Å². The van der Waals surface area contributed by atoms with Gasteiger partial charge in [0.15, 0.2) is 0 Å². The van der Waals surface area contributed by atoms with Crippen LogP contribution in [0.25, 0.3) is 0 Å². The highest BCUT2D eigenvalue weighted by Gasteiger charge is 2.42. The van der Waals surface area contributed by atoms with E-state index in [0.717, 1.165) is 4.57 Å². The Labute approximate surface area is 134 Å². The molecule has 1 aromatic heterocycles. The number of rotatable bonds is 5. The fourth-order valence-electron chi connectivity index (χ4n) is 2.21. The lowest BCUT2D eigenvalue weighted by atomic mass is 10.2. The fourth-order valence-corrected chi connectivity index (χ4v) is 4.04. The molecule has 2 rings (SSSR count). The zero-order valence-electron chi connectivity index (χ0n) is 12.6. The Morgan fingerprint density at radius 1 is 1.33 bits per heavy atom. The van der Waals surface area contributed by atoms with Crippen LogP contribution in [0.3, 0.4) is 0 Å². The summed E-state index contributed by atoms with van der Waals surface area (Å²) in [6, 6.07) is 0. The van der Waals surface area contributed by atoms with Crippen molar-refractivity contribution in [2.75, 3.05) is 0 Å². The number of ether oxygens (including phenoxy) is 1. The van der Waals surface area contributed by atoms with Gasteiger partial charge < -0.3 is 19.4 Å². The van der Waals surface area contributed by atoms with Gasteiger partial charge in [-0.05, 0) is 13.8 Å². The van der Waals surface area contributed by atoms with E-state index < -0.39 is 45.3 Å². The lowest BCUT2D eigenvalue weighted by molar-refractivity contribution is -0.0103. The van der Waals surface area contributed by atoms with E-state index in [4.69, 9.17) is 19.0 Å². The fraction of sp³-hybridized carbons (Fsp3) is 0.600. The van der Waals surface area contributed by atoms with E-state index in [-0.39, 0.29) is 12.0 Å². The third kappa shape index (κ3) is 4.71. The highest BCUT2D eigenvalue weighted by atomic mass is 31.3. The molecule has 14 heteroatoms. The molecule has 1 saturated heterocycles. The van der Waals surface area contributed by atoms with Crippen molar-refractivity contribution in [2.45, 2.75) is 38.7 Å². The second kappa shape index (κ2) is 6.66. The van der Waals surface area contributed by atoms with Crippen LogP contribution in [-0.4, -0.2) is 36.4 Å². The lowest BCUT2D eigenvalue weighted by Crippen LogP contribution is -2.33. The van der Waals surface area contributed by atoms with Crippen molar-refractivity contribution in [1.29, 1.82) is 0 Å². The van der Waals surface area contributed by atoms with Crippen LogP contribution in [0.1, 0.15) is 25.1 Å². The first-order valence-electron chi connectivity index (χ1n) is 6.63. The van der Waals surface area contributed by atoms with Gasteiger partial charge in [-0.25, -0.2) is 13.9 Å². The Hall–Kier alpha value is -1.10. The molecule has 1 unspecified atom stereocenters. The third-order valence-electron chi connectivity index (χ3n) is 3.26. The Morgan fingerprint density at radius 2 is 1.96 bits per heavy atom. The van der Waals surface area contributed by atoms with Crippen molar-refractivity contribution in [2.24, 2.45) is 0 Å². The number of phosphoric ester groups is 1. The van der Waals surface area contributed by atoms with Gasteiger partial charge in [-0.1, -0.05) is 0 Å². The number of aryl methyl sites for hydroxylation is 1. The molecule has 0 saturated carbocycles. The summed E-state index contributed by atoms with van der Waals surface area (Å²) >= 11 is 0. The molecule has 136 valence electrons. The van der Waals surface area contributed by atoms with Crippen molar-refractivity contribution in [3.63, 3.8) is 0 Å². The van der Waals surface area contributed by atoms with E-state index in [1.807, 2.05) is 0 Å². The maximum Gasteiger partial charge on any atom is 0.481 e. The zero-order chi connectivity index (χ0) is 18.3. The summed E-state index contributed by atoms with van der Waals surface area (Å²) in [5.41, 5.74) is -1.03. The topological polar surface area (TPSA) is 177 Å². The minimum Gasteiger partial charge on any atom is -0.352 e. The second-order valence-electron chi connectivity index (χ2n) is 5.19. The van der Waals surface area contributed by atoms with Gasteiger partial charge in [0.05, 0.1) is 12.2 Å². The summed E-state index contributed by atoms with van der Waals surface area (Å²) in [5.74, 6) is 0. The molecule has 1 aliphatic heterocycles. The van der Waals surface area contributed by atoms with Crippen LogP contribution in [0.15, 0.2) is 15.8 Å². The number of phosphoric acid groups is 2. The predicted molar refractivity (Wildman–Crippen MR) is 78.1 cm³/mol. The standard InChI is InChI=1S/C10H16N2O10P2/c1-5-4-12(10(14)11-9(5)13)8-3-7(6(2)20-8)21-24(18,19)22-23(15,16)17/h4,6-8H,3H2,1-2H3,(H,18,19)(H,11,13,14)(H2,15,16,17)/t6-,7+,8-/m1/s1. The maximum absolute atomic E-state index is 11.8. The molecule has 12 nitrogen and oxygen atoms in total. The van der Waals surface area contributed by atoms with Crippen LogP contribution in [0.4, 0.5) is 0 Å². The number of aromatic nitrogens is 2. The van der Waals surface area contributed by atoms with Crippen molar-refractivity contribution >= 4 is 15.6 Å². The van der Waals surface area contributed by atoms with E-state index in [1.54, 1.807) is 0 Å². The molecular weight excluding hydrogens is 370 g/mol. The molecule has 0 aromatic carbocycles. The van der Waals surface area contributed by atoms with Gasteiger partial charge in [-0.2, -0.15) is 4.31 Å². The molecular formula is C10H16N2O10P2. The minimum absolute atomic E-state index is 0.0817. The average molecular weight is 386 g/mol. The second-order valence-corrected chi connectivity index (χ2v) is 7.98. The van der Waals surface area contributed by atoms with Crippen molar-refractivity contribution < 1.29 is 37.4 Å². The van der Waals surface area contributed by atoms with Gasteiger partial charge in [0.1, 0.15) is 6.23 Å². The molecule has 2 heterocycles. The Kier molecular flexibility index (Phi) is 5.34. The quantitative estimate of drug-likeness (QED) is 0.493. The van der Waals surface area contributed by atoms with Gasteiger partial charge in [-0.3, -0.25) is 18.9 Å². The SMILES string of the molecule is Cc1cn([C@H]2C[C@H](OP(=O)(O)OP(=O)(O)O)[C@@H](C)O2)c(=O)[nH]c1=O. The highest BCUT2D eigenvalue weighted by Crippen LogP contribution is 2.59. The number of hydrogen-bond donors (Lipinski definition) is 4. The first kappa shape index (κ1) is 19.2. The van der Waals surface area contributed by atoms with Gasteiger partial charge >= 0.3 is 21.3 Å². The molecule has 4 atom stereocenters. The molecule has 0 bridgehead atoms. The highest BCUT2D eigenvalue weighted by molar-refractivity contribution is 7.60. The first-order chi connectivity index (χ1) is 10.9. The van der Waals surface area contributed by atoms with Gasteiger partial charge in [0, 0.05) is 18.2 Å². The minimum atomic E-state index is -5.23. The van der Waals surface area contributed by atoms with Gasteiger partial charge in [0.25, 0.3) is 5.56 Å². The number of aromatic amines is 1. The van der Waals surface area contributed by atoms with Crippen LogP contribution in [-0.2, 0) is 22.7 Å². The van der Waals surface area contributed by atoms with Crippen LogP contribution < -0.4 is 11.2 Å². The van der Waals surface area contributed by atoms with Crippen molar-refractivity contribution in [3.05, 3.63) is 32.6 Å². The largest absolute Gasteiger partial charge is 0.481 e. The smallest absolute Gasteiger partial charge is 0.352 e. The normalized spacial score (nSPS) is 27.1. The van der Waals surface area contributed by atoms with Crippen LogP contribution in [0.5, 0.6) is 0 Å². The summed E-state index contributed by atoms with van der Waals surface area (Å²) in [7, 11) is -10.3. The summed E-state index contributed by atoms with van der Waals surface area (Å²) < 4.78 is 37.2. The van der Waals surface area contributed by atoms with E-state index in [1.165, 1.54) is 20.0 Å². The number of nitrogens with zero attached hydrogens (tertiary/aromatic N) is 1. The maximum atomic E-state index is 11.8. The molecule has 1 aliphatic rings. The molecule has 24 heavy (non-hydrogen) atoms. The van der Waals surface area contributed by atoms with Crippen molar-refractivity contribution in [1.82, 2.24) is 9.55 Å². The molecule has 0 aliphatic carbocycles. The Morgan fingerprint density at radius 3 is 2.54 bits per heavy atom. The monoisotopic (exact) mass is 386 g/mol. The summed E-state index contributed by atoms with van der Waals surface area (Å²) in [4.78, 5) is 51.8. The molecule has 1 fully saturated rings. The van der Waals surface area contributed by atoms with Crippen LogP contribution >= 0.6 is 15.6 Å². The van der Waals surface area contributed by atoms with Crippen LogP contribution in [0, 0.1) is 6.92 Å². The number of nitrogens with one attached hydrogen (secondary N) is 1. The molecule has 0 radical (unpaired) electrons. The summed E-state index contributed by atoms with van der Waals surface area (Å²) in [6.07, 6.45) is -1.57. The molecule has 0 spiro atoms. The molecule has 1 aromatic rings. The summed E-state index contributed by atoms with van der Waals surface area (Å²) in [5, 5.41) is 0. The zero-order valence-corrected chi connectivity index (χ0v) is 14.3. The molecule has 4 N–H and O–H groups in total. The van der Waals surface area contributed by atoms with E-state index in [2.05, 4.69) is 9.29 Å². The Bertz CT molecular complexity index is 826. The van der Waals surface area contributed by atoms with Crippen LogP contribution in [0.2, 0.25) is 0 Å². The average Bonchev–Trinajstić information content (AvgIpc) is 2.71. The van der Waals surface area contributed by atoms with E-state index >= 15 is 0 Å². The number of H-pyrrole nitrogens is 1. The number of hydrogen-bond acceptors (Lipinski definition) is 7. The van der Waals surface area contributed by atoms with E-state index in [0.29, 0.717) is 0 Å².